The minimum atomic E-state index is -5.12. The van der Waals surface area contributed by atoms with E-state index < -0.39 is 75.7 Å². The molecular formula is C55H105O13P. The Hall–Kier alpha value is -1.41. The van der Waals surface area contributed by atoms with E-state index in [2.05, 4.69) is 26.0 Å². The van der Waals surface area contributed by atoms with Crippen molar-refractivity contribution in [3.63, 3.8) is 0 Å². The van der Waals surface area contributed by atoms with Gasteiger partial charge >= 0.3 is 19.8 Å². The van der Waals surface area contributed by atoms with E-state index in [4.69, 9.17) is 18.5 Å². The molecule has 0 aliphatic heterocycles. The highest BCUT2D eigenvalue weighted by atomic mass is 31.2. The zero-order valence-electron chi connectivity index (χ0n) is 43.9. The van der Waals surface area contributed by atoms with Crippen LogP contribution in [0.15, 0.2) is 12.2 Å². The molecule has 408 valence electrons. The Morgan fingerprint density at radius 2 is 0.739 bits per heavy atom. The summed E-state index contributed by atoms with van der Waals surface area (Å²) in [5.41, 5.74) is 0. The summed E-state index contributed by atoms with van der Waals surface area (Å²) in [6.07, 6.45) is 38.3. The van der Waals surface area contributed by atoms with Crippen LogP contribution in [0.25, 0.3) is 0 Å². The average molecular weight is 1010 g/mol. The van der Waals surface area contributed by atoms with Crippen LogP contribution in [0.2, 0.25) is 0 Å². The van der Waals surface area contributed by atoms with Gasteiger partial charge in [0.05, 0.1) is 6.61 Å². The van der Waals surface area contributed by atoms with Gasteiger partial charge in [0, 0.05) is 12.8 Å². The smallest absolute Gasteiger partial charge is 0.462 e. The molecular weight excluding hydrogens is 900 g/mol. The second kappa shape index (κ2) is 45.2. The van der Waals surface area contributed by atoms with E-state index in [-0.39, 0.29) is 12.8 Å². The second-order valence-electron chi connectivity index (χ2n) is 20.2. The van der Waals surface area contributed by atoms with E-state index in [0.717, 1.165) is 51.4 Å². The monoisotopic (exact) mass is 1000 g/mol. The summed E-state index contributed by atoms with van der Waals surface area (Å²) < 4.78 is 33.7. The molecule has 13 nitrogen and oxygen atoms in total. The first-order valence-corrected chi connectivity index (χ1v) is 30.0. The summed E-state index contributed by atoms with van der Waals surface area (Å²) >= 11 is 0. The Labute approximate surface area is 420 Å². The summed E-state index contributed by atoms with van der Waals surface area (Å²) in [6.45, 7) is 3.36. The van der Waals surface area contributed by atoms with Gasteiger partial charge in [-0.1, -0.05) is 231 Å². The van der Waals surface area contributed by atoms with Gasteiger partial charge in [-0.3, -0.25) is 18.6 Å². The van der Waals surface area contributed by atoms with Crippen molar-refractivity contribution in [2.75, 3.05) is 13.2 Å². The van der Waals surface area contributed by atoms with Crippen LogP contribution < -0.4 is 0 Å². The fraction of sp³-hybridized carbons (Fsp3) is 0.927. The fourth-order valence-electron chi connectivity index (χ4n) is 9.05. The Morgan fingerprint density at radius 1 is 0.435 bits per heavy atom. The third-order valence-electron chi connectivity index (χ3n) is 13.6. The molecule has 6 unspecified atom stereocenters. The largest absolute Gasteiger partial charge is 0.472 e. The first-order valence-electron chi connectivity index (χ1n) is 28.5. The van der Waals surface area contributed by atoms with Gasteiger partial charge in [0.15, 0.2) is 6.10 Å². The molecule has 1 fully saturated rings. The molecule has 0 heterocycles. The summed E-state index contributed by atoms with van der Waals surface area (Å²) in [6, 6.07) is 0. The first kappa shape index (κ1) is 65.6. The van der Waals surface area contributed by atoms with E-state index in [1.165, 1.54) is 180 Å². The number of phosphoric acid groups is 1. The third-order valence-corrected chi connectivity index (χ3v) is 14.6. The van der Waals surface area contributed by atoms with Crippen molar-refractivity contribution < 1.29 is 63.1 Å². The van der Waals surface area contributed by atoms with E-state index >= 15 is 0 Å². The number of ether oxygens (including phenoxy) is 2. The lowest BCUT2D eigenvalue weighted by atomic mass is 9.85. The number of aliphatic hydroxyl groups excluding tert-OH is 5. The van der Waals surface area contributed by atoms with E-state index in [1.807, 2.05) is 0 Å². The van der Waals surface area contributed by atoms with Crippen molar-refractivity contribution >= 4 is 19.8 Å². The van der Waals surface area contributed by atoms with Gasteiger partial charge in [-0.15, -0.1) is 0 Å². The number of allylic oxidation sites excluding steroid dienone is 2. The van der Waals surface area contributed by atoms with Gasteiger partial charge in [0.25, 0.3) is 0 Å². The van der Waals surface area contributed by atoms with Crippen LogP contribution in [0.3, 0.4) is 0 Å². The van der Waals surface area contributed by atoms with Crippen molar-refractivity contribution in [1.82, 2.24) is 0 Å². The molecule has 0 bridgehead atoms. The van der Waals surface area contributed by atoms with Gasteiger partial charge in [-0.2, -0.15) is 0 Å². The van der Waals surface area contributed by atoms with Crippen LogP contribution in [-0.4, -0.2) is 98.3 Å². The van der Waals surface area contributed by atoms with Crippen molar-refractivity contribution in [2.45, 2.75) is 313 Å². The molecule has 0 aromatic rings. The molecule has 1 aliphatic rings. The highest BCUT2D eigenvalue weighted by Crippen LogP contribution is 2.47. The van der Waals surface area contributed by atoms with E-state index in [1.54, 1.807) is 0 Å². The van der Waals surface area contributed by atoms with Crippen LogP contribution in [0.5, 0.6) is 0 Å². The van der Waals surface area contributed by atoms with E-state index in [9.17, 15) is 44.6 Å². The van der Waals surface area contributed by atoms with Crippen LogP contribution in [0.1, 0.15) is 271 Å². The molecule has 69 heavy (non-hydrogen) atoms. The Bertz CT molecular complexity index is 1250. The summed E-state index contributed by atoms with van der Waals surface area (Å²) in [4.78, 5) is 35.9. The highest BCUT2D eigenvalue weighted by Gasteiger charge is 2.51. The molecule has 0 radical (unpaired) electrons. The lowest BCUT2D eigenvalue weighted by Gasteiger charge is -2.41. The SMILES string of the molecule is CCCCCCCC/C=C/CCCCCCCCCCCC(=O)O[C@@H](COC(=O)CCCCCCCCCCCCCCCCCCCCCCC)COP(=O)(O)OC1C(O)C(O)C(O)[C@H](O)C1O. The minimum absolute atomic E-state index is 0.0993. The number of aliphatic hydroxyl groups is 5. The molecule has 0 aromatic carbocycles. The predicted molar refractivity (Wildman–Crippen MR) is 277 cm³/mol. The maximum Gasteiger partial charge on any atom is 0.472 e. The van der Waals surface area contributed by atoms with Crippen LogP contribution in [-0.2, 0) is 32.7 Å². The number of carbonyl (C=O) groups excluding carboxylic acids is 2. The van der Waals surface area contributed by atoms with Crippen molar-refractivity contribution in [3.05, 3.63) is 12.2 Å². The average Bonchev–Trinajstić information content (AvgIpc) is 3.33. The van der Waals surface area contributed by atoms with Crippen LogP contribution in [0, 0.1) is 0 Å². The summed E-state index contributed by atoms with van der Waals surface area (Å²) in [5, 5.41) is 50.4. The Kier molecular flexibility index (Phi) is 43.0. The standard InChI is InChI=1S/C55H105O13P/c1-3-5-7-9-11-13-15-17-19-21-23-24-26-27-29-31-33-35-37-39-41-43-48(56)65-45-47(46-66-69(63,64)68-55-53(61)51(59)50(58)52(60)54(55)62)67-49(57)44-42-40-38-36-34-32-30-28-25-22-20-18-16-14-12-10-8-6-4-2/h18,20,47,50-55,58-62H,3-17,19,21-46H2,1-2H3,(H,63,64)/b20-18+/t47-,50?,51-,52?,53?,54?,55?/m0/s1. The zero-order chi connectivity index (χ0) is 50.6. The van der Waals surface area contributed by atoms with Gasteiger partial charge in [-0.05, 0) is 38.5 Å². The number of carbonyl (C=O) groups is 2. The zero-order valence-corrected chi connectivity index (χ0v) is 44.8. The van der Waals surface area contributed by atoms with Gasteiger partial charge in [0.1, 0.15) is 43.2 Å². The van der Waals surface area contributed by atoms with Gasteiger partial charge in [-0.25, -0.2) is 4.57 Å². The van der Waals surface area contributed by atoms with Crippen molar-refractivity contribution in [2.24, 2.45) is 0 Å². The molecule has 1 aliphatic carbocycles. The molecule has 1 rings (SSSR count). The number of esters is 2. The lowest BCUT2D eigenvalue weighted by molar-refractivity contribution is -0.220. The van der Waals surface area contributed by atoms with Crippen molar-refractivity contribution in [1.29, 1.82) is 0 Å². The molecule has 0 spiro atoms. The Balaban J connectivity index is 2.33. The fourth-order valence-corrected chi connectivity index (χ4v) is 10.0. The maximum absolute atomic E-state index is 12.9. The van der Waals surface area contributed by atoms with Crippen LogP contribution >= 0.6 is 7.82 Å². The Morgan fingerprint density at radius 3 is 1.10 bits per heavy atom. The number of rotatable bonds is 49. The molecule has 0 saturated heterocycles. The number of hydrogen-bond acceptors (Lipinski definition) is 12. The second-order valence-corrected chi connectivity index (χ2v) is 21.6. The lowest BCUT2D eigenvalue weighted by Crippen LogP contribution is -2.64. The van der Waals surface area contributed by atoms with Crippen LogP contribution in [0.4, 0.5) is 0 Å². The topological polar surface area (TPSA) is 210 Å². The van der Waals surface area contributed by atoms with E-state index in [0.29, 0.717) is 12.8 Å². The molecule has 1 saturated carbocycles. The molecule has 6 N–H and O–H groups in total. The molecule has 0 amide bonds. The number of unbranched alkanes of at least 4 members (excludes halogenated alkanes) is 35. The predicted octanol–water partition coefficient (Wildman–Crippen LogP) is 13.0. The number of hydrogen-bond donors (Lipinski definition) is 6. The first-order chi connectivity index (χ1) is 33.4. The number of phosphoric ester groups is 1. The summed E-state index contributed by atoms with van der Waals surface area (Å²) in [7, 11) is -5.12. The minimum Gasteiger partial charge on any atom is -0.462 e. The third kappa shape index (κ3) is 37.1. The van der Waals surface area contributed by atoms with Gasteiger partial charge in [0.2, 0.25) is 0 Å². The summed E-state index contributed by atoms with van der Waals surface area (Å²) in [5.74, 6) is -1.08. The normalized spacial score (nSPS) is 20.9. The van der Waals surface area contributed by atoms with Crippen molar-refractivity contribution in [3.8, 4) is 0 Å². The molecule has 8 atom stereocenters. The maximum atomic E-state index is 12.9. The molecule has 0 aromatic heterocycles. The van der Waals surface area contributed by atoms with Gasteiger partial charge < -0.3 is 39.9 Å². The molecule has 14 heteroatoms. The quantitative estimate of drug-likeness (QED) is 0.0145. The highest BCUT2D eigenvalue weighted by molar-refractivity contribution is 7.47.